The zero-order valence-electron chi connectivity index (χ0n) is 11.5. The first-order chi connectivity index (χ1) is 10.1. The highest BCUT2D eigenvalue weighted by Gasteiger charge is 2.15. The lowest BCUT2D eigenvalue weighted by atomic mass is 10.1. The molecule has 6 heteroatoms. The molecule has 110 valence electrons. The van der Waals surface area contributed by atoms with Crippen molar-refractivity contribution >= 4 is 27.5 Å². The fourth-order valence-corrected chi connectivity index (χ4v) is 2.21. The molecule has 2 aromatic rings. The summed E-state index contributed by atoms with van der Waals surface area (Å²) in [6.45, 7) is 0. The normalized spacial score (nSPS) is 10.0. The fraction of sp³-hybridized carbons (Fsp3) is 0.133. The quantitative estimate of drug-likeness (QED) is 0.885. The number of carbonyl (C=O) groups is 1. The molecule has 0 spiro atoms. The van der Waals surface area contributed by atoms with E-state index in [1.165, 1.54) is 13.2 Å². The highest BCUT2D eigenvalue weighted by Crippen LogP contribution is 2.31. The topological polar surface area (TPSA) is 67.8 Å². The van der Waals surface area contributed by atoms with E-state index in [2.05, 4.69) is 21.2 Å². The maximum Gasteiger partial charge on any atom is 0.259 e. The molecule has 0 heterocycles. The molecule has 0 bridgehead atoms. The van der Waals surface area contributed by atoms with E-state index in [0.29, 0.717) is 11.4 Å². The molecule has 0 unspecified atom stereocenters. The number of phenolic OH excluding ortho intramolecular Hbond substituents is 1. The number of aromatic hydroxyl groups is 1. The summed E-state index contributed by atoms with van der Waals surface area (Å²) in [7, 11) is 2.97. The van der Waals surface area contributed by atoms with E-state index in [4.69, 9.17) is 9.47 Å². The van der Waals surface area contributed by atoms with E-state index in [0.717, 1.165) is 4.47 Å². The van der Waals surface area contributed by atoms with Gasteiger partial charge in [-0.1, -0.05) is 6.07 Å². The zero-order chi connectivity index (χ0) is 15.4. The van der Waals surface area contributed by atoms with Gasteiger partial charge in [0.25, 0.3) is 5.91 Å². The van der Waals surface area contributed by atoms with Gasteiger partial charge in [-0.15, -0.1) is 0 Å². The first-order valence-electron chi connectivity index (χ1n) is 6.07. The van der Waals surface area contributed by atoms with Crippen LogP contribution in [0.5, 0.6) is 17.2 Å². The molecule has 0 fully saturated rings. The Bertz CT molecular complexity index is 673. The molecule has 1 amide bonds. The second kappa shape index (κ2) is 6.49. The fourth-order valence-electron chi connectivity index (χ4n) is 1.81. The van der Waals surface area contributed by atoms with Gasteiger partial charge in [-0.2, -0.15) is 0 Å². The minimum Gasteiger partial charge on any atom is -0.504 e. The lowest BCUT2D eigenvalue weighted by molar-refractivity contribution is 0.102. The molecule has 0 radical (unpaired) electrons. The van der Waals surface area contributed by atoms with Crippen molar-refractivity contribution < 1.29 is 19.4 Å². The standard InChI is InChI=1S/C15H14BrNO4/c1-20-12-5-3-4-10(14(12)18)15(19)17-9-6-7-11(16)13(8-9)21-2/h3-8,18H,1-2H3,(H,17,19). The van der Waals surface area contributed by atoms with E-state index >= 15 is 0 Å². The first-order valence-corrected chi connectivity index (χ1v) is 6.87. The van der Waals surface area contributed by atoms with Crippen LogP contribution in [0.15, 0.2) is 40.9 Å². The van der Waals surface area contributed by atoms with Crippen LogP contribution in [0.4, 0.5) is 5.69 Å². The van der Waals surface area contributed by atoms with Crippen molar-refractivity contribution in [3.05, 3.63) is 46.4 Å². The van der Waals surface area contributed by atoms with Gasteiger partial charge in [0.1, 0.15) is 5.75 Å². The predicted molar refractivity (Wildman–Crippen MR) is 83.3 cm³/mol. The Kier molecular flexibility index (Phi) is 4.70. The number of anilines is 1. The van der Waals surface area contributed by atoms with Crippen molar-refractivity contribution in [2.45, 2.75) is 0 Å². The number of methoxy groups -OCH3 is 2. The van der Waals surface area contributed by atoms with Gasteiger partial charge in [-0.3, -0.25) is 4.79 Å². The third-order valence-corrected chi connectivity index (χ3v) is 3.53. The molecule has 2 rings (SSSR count). The van der Waals surface area contributed by atoms with Crippen LogP contribution in [0.25, 0.3) is 0 Å². The molecular weight excluding hydrogens is 338 g/mol. The van der Waals surface area contributed by atoms with Crippen molar-refractivity contribution in [3.63, 3.8) is 0 Å². The van der Waals surface area contributed by atoms with Crippen molar-refractivity contribution in [2.75, 3.05) is 19.5 Å². The number of carbonyl (C=O) groups excluding carboxylic acids is 1. The molecule has 0 saturated heterocycles. The minimum atomic E-state index is -0.434. The van der Waals surface area contributed by atoms with Gasteiger partial charge >= 0.3 is 0 Å². The molecule has 0 saturated carbocycles. The number of rotatable bonds is 4. The van der Waals surface area contributed by atoms with Crippen LogP contribution >= 0.6 is 15.9 Å². The summed E-state index contributed by atoms with van der Waals surface area (Å²) in [5, 5.41) is 12.7. The van der Waals surface area contributed by atoms with Crippen molar-refractivity contribution in [3.8, 4) is 17.2 Å². The van der Waals surface area contributed by atoms with E-state index < -0.39 is 5.91 Å². The molecule has 0 atom stereocenters. The first kappa shape index (κ1) is 15.2. The molecular formula is C15H14BrNO4. The van der Waals surface area contributed by atoms with Gasteiger partial charge < -0.3 is 19.9 Å². The number of ether oxygens (including phenoxy) is 2. The molecule has 21 heavy (non-hydrogen) atoms. The Morgan fingerprint density at radius 3 is 2.52 bits per heavy atom. The number of hydrogen-bond acceptors (Lipinski definition) is 4. The van der Waals surface area contributed by atoms with Crippen LogP contribution in [-0.2, 0) is 0 Å². The largest absolute Gasteiger partial charge is 0.504 e. The lowest BCUT2D eigenvalue weighted by Crippen LogP contribution is -2.12. The third kappa shape index (κ3) is 3.28. The van der Waals surface area contributed by atoms with Gasteiger partial charge in [0.15, 0.2) is 11.5 Å². The Hall–Kier alpha value is -2.21. The van der Waals surface area contributed by atoms with Gasteiger partial charge in [-0.25, -0.2) is 0 Å². The second-order valence-electron chi connectivity index (χ2n) is 4.16. The molecule has 2 N–H and O–H groups in total. The monoisotopic (exact) mass is 351 g/mol. The molecule has 0 aromatic heterocycles. The Morgan fingerprint density at radius 1 is 1.14 bits per heavy atom. The summed E-state index contributed by atoms with van der Waals surface area (Å²) >= 11 is 3.34. The molecule has 0 aliphatic rings. The number of hydrogen-bond donors (Lipinski definition) is 2. The van der Waals surface area contributed by atoms with Crippen LogP contribution in [-0.4, -0.2) is 25.2 Å². The van der Waals surface area contributed by atoms with Crippen LogP contribution in [0, 0.1) is 0 Å². The van der Waals surface area contributed by atoms with Crippen LogP contribution in [0.3, 0.4) is 0 Å². The van der Waals surface area contributed by atoms with E-state index in [-0.39, 0.29) is 17.1 Å². The number of amides is 1. The molecule has 2 aromatic carbocycles. The van der Waals surface area contributed by atoms with Gasteiger partial charge in [0.2, 0.25) is 0 Å². The summed E-state index contributed by atoms with van der Waals surface area (Å²) in [5.41, 5.74) is 0.693. The van der Waals surface area contributed by atoms with Crippen molar-refractivity contribution in [1.29, 1.82) is 0 Å². The summed E-state index contributed by atoms with van der Waals surface area (Å²) in [6.07, 6.45) is 0. The highest BCUT2D eigenvalue weighted by molar-refractivity contribution is 9.10. The van der Waals surface area contributed by atoms with Crippen molar-refractivity contribution in [1.82, 2.24) is 0 Å². The number of para-hydroxylation sites is 1. The van der Waals surface area contributed by atoms with Crippen LogP contribution in [0.2, 0.25) is 0 Å². The average molecular weight is 352 g/mol. The van der Waals surface area contributed by atoms with Crippen LogP contribution in [0.1, 0.15) is 10.4 Å². The third-order valence-electron chi connectivity index (χ3n) is 2.87. The van der Waals surface area contributed by atoms with E-state index in [9.17, 15) is 9.90 Å². The minimum absolute atomic E-state index is 0.135. The summed E-state index contributed by atoms with van der Waals surface area (Å²) in [4.78, 5) is 12.2. The van der Waals surface area contributed by atoms with Crippen LogP contribution < -0.4 is 14.8 Å². The molecule has 5 nitrogen and oxygen atoms in total. The number of phenols is 1. The number of benzene rings is 2. The van der Waals surface area contributed by atoms with Gasteiger partial charge in [-0.05, 0) is 40.2 Å². The van der Waals surface area contributed by atoms with Gasteiger partial charge in [0, 0.05) is 11.8 Å². The Morgan fingerprint density at radius 2 is 1.86 bits per heavy atom. The summed E-state index contributed by atoms with van der Waals surface area (Å²) in [5.74, 6) is 0.219. The smallest absolute Gasteiger partial charge is 0.259 e. The summed E-state index contributed by atoms with van der Waals surface area (Å²) < 4.78 is 10.9. The second-order valence-corrected chi connectivity index (χ2v) is 5.01. The lowest BCUT2D eigenvalue weighted by Gasteiger charge is -2.11. The summed E-state index contributed by atoms with van der Waals surface area (Å²) in [6, 6.07) is 9.90. The number of nitrogens with one attached hydrogen (secondary N) is 1. The molecule has 0 aliphatic carbocycles. The number of halogens is 1. The van der Waals surface area contributed by atoms with Gasteiger partial charge in [0.05, 0.1) is 24.3 Å². The van der Waals surface area contributed by atoms with E-state index in [1.54, 1.807) is 37.4 Å². The predicted octanol–water partition coefficient (Wildman–Crippen LogP) is 3.42. The SMILES string of the molecule is COc1cc(NC(=O)c2cccc(OC)c2O)ccc1Br. The Balaban J connectivity index is 2.26. The van der Waals surface area contributed by atoms with E-state index in [1.807, 2.05) is 0 Å². The average Bonchev–Trinajstić information content (AvgIpc) is 2.49. The Labute approximate surface area is 130 Å². The molecule has 0 aliphatic heterocycles. The van der Waals surface area contributed by atoms with Crippen molar-refractivity contribution in [2.24, 2.45) is 0 Å². The zero-order valence-corrected chi connectivity index (χ0v) is 13.1. The maximum absolute atomic E-state index is 12.2. The highest BCUT2D eigenvalue weighted by atomic mass is 79.9. The maximum atomic E-state index is 12.2.